The maximum atomic E-state index is 12.5. The molecule has 0 aliphatic rings. The van der Waals surface area contributed by atoms with Gasteiger partial charge in [0.2, 0.25) is 0 Å². The number of rotatable bonds is 4. The molecule has 0 atom stereocenters. The van der Waals surface area contributed by atoms with Crippen LogP contribution in [0.5, 0.6) is 0 Å². The molecule has 27 heavy (non-hydrogen) atoms. The Labute approximate surface area is 156 Å². The molecule has 3 aromatic rings. The zero-order chi connectivity index (χ0) is 19.8. The molecule has 0 aliphatic heterocycles. The number of aryl methyl sites for hydroxylation is 2. The third-order valence-corrected chi connectivity index (χ3v) is 5.36. The number of fused-ring (bicyclic) bond motifs is 1. The average molecular weight is 385 g/mol. The molecule has 0 bridgehead atoms. The third kappa shape index (κ3) is 3.75. The van der Waals surface area contributed by atoms with Crippen LogP contribution in [0.25, 0.3) is 11.0 Å². The predicted octanol–water partition coefficient (Wildman–Crippen LogP) is 2.38. The fourth-order valence-electron chi connectivity index (χ4n) is 2.82. The van der Waals surface area contributed by atoms with Gasteiger partial charge in [0, 0.05) is 24.1 Å². The molecule has 7 nitrogen and oxygen atoms in total. The van der Waals surface area contributed by atoms with Crippen LogP contribution >= 0.6 is 0 Å². The minimum Gasteiger partial charge on any atom is -0.322 e. The average Bonchev–Trinajstić information content (AvgIpc) is 2.62. The Bertz CT molecular complexity index is 1200. The van der Waals surface area contributed by atoms with Crippen LogP contribution < -0.4 is 10.9 Å². The first-order valence-electron chi connectivity index (χ1n) is 8.33. The lowest BCUT2D eigenvalue weighted by Crippen LogP contribution is -2.23. The fourth-order valence-corrected chi connectivity index (χ4v) is 3.45. The highest BCUT2D eigenvalue weighted by molar-refractivity contribution is 7.90. The van der Waals surface area contributed by atoms with Gasteiger partial charge in [0.1, 0.15) is 5.69 Å². The molecule has 2 aromatic carbocycles. The molecule has 8 heteroatoms. The number of nitrogens with zero attached hydrogens (tertiary/aromatic N) is 2. The van der Waals surface area contributed by atoms with Gasteiger partial charge >= 0.3 is 0 Å². The van der Waals surface area contributed by atoms with E-state index in [0.29, 0.717) is 34.5 Å². The number of carbonyl (C=O) groups is 1. The Kier molecular flexibility index (Phi) is 4.84. The van der Waals surface area contributed by atoms with E-state index >= 15 is 0 Å². The zero-order valence-corrected chi connectivity index (χ0v) is 16.0. The molecule has 0 fully saturated rings. The Morgan fingerprint density at radius 3 is 2.41 bits per heavy atom. The molecule has 140 valence electrons. The molecule has 0 radical (unpaired) electrons. The van der Waals surface area contributed by atoms with Gasteiger partial charge in [0.15, 0.2) is 9.84 Å². The first-order chi connectivity index (χ1) is 12.7. The molecular formula is C19H19N3O4S. The molecule has 1 amide bonds. The van der Waals surface area contributed by atoms with E-state index in [1.165, 1.54) is 24.3 Å². The zero-order valence-electron chi connectivity index (χ0n) is 15.2. The summed E-state index contributed by atoms with van der Waals surface area (Å²) < 4.78 is 24.6. The lowest BCUT2D eigenvalue weighted by atomic mass is 10.1. The van der Waals surface area contributed by atoms with E-state index < -0.39 is 9.84 Å². The minimum atomic E-state index is -3.29. The van der Waals surface area contributed by atoms with E-state index in [1.54, 1.807) is 29.7 Å². The second-order valence-corrected chi connectivity index (χ2v) is 8.22. The molecule has 0 saturated heterocycles. The van der Waals surface area contributed by atoms with Crippen LogP contribution in [-0.2, 0) is 16.4 Å². The number of carbonyl (C=O) groups excluding carboxylic acids is 1. The Balaban J connectivity index is 1.92. The maximum Gasteiger partial charge on any atom is 0.272 e. The summed E-state index contributed by atoms with van der Waals surface area (Å²) in [5.74, 6) is -0.349. The van der Waals surface area contributed by atoms with Crippen LogP contribution in [-0.4, -0.2) is 30.1 Å². The predicted molar refractivity (Wildman–Crippen MR) is 104 cm³/mol. The van der Waals surface area contributed by atoms with E-state index in [-0.39, 0.29) is 16.4 Å². The highest BCUT2D eigenvalue weighted by Gasteiger charge is 2.12. The van der Waals surface area contributed by atoms with Gasteiger partial charge in [-0.15, -0.1) is 0 Å². The summed E-state index contributed by atoms with van der Waals surface area (Å²) in [6, 6.07) is 10.9. The second-order valence-electron chi connectivity index (χ2n) is 6.20. The first kappa shape index (κ1) is 18.8. The SMILES string of the molecule is CCn1c(=O)c(C)nc2cc(C(=O)Nc3ccc(S(C)(=O)=O)cc3)ccc21. The van der Waals surface area contributed by atoms with Gasteiger partial charge in [-0.3, -0.25) is 9.59 Å². The van der Waals surface area contributed by atoms with Gasteiger partial charge in [-0.05, 0) is 56.3 Å². The summed E-state index contributed by atoms with van der Waals surface area (Å²) in [6.45, 7) is 4.03. The smallest absolute Gasteiger partial charge is 0.272 e. The van der Waals surface area contributed by atoms with Crippen molar-refractivity contribution in [2.75, 3.05) is 11.6 Å². The quantitative estimate of drug-likeness (QED) is 0.743. The van der Waals surface area contributed by atoms with Gasteiger partial charge in [0.25, 0.3) is 11.5 Å². The Morgan fingerprint density at radius 2 is 1.81 bits per heavy atom. The van der Waals surface area contributed by atoms with Crippen molar-refractivity contribution in [2.24, 2.45) is 0 Å². The van der Waals surface area contributed by atoms with Gasteiger partial charge in [-0.25, -0.2) is 13.4 Å². The number of anilines is 1. The first-order valence-corrected chi connectivity index (χ1v) is 10.2. The van der Waals surface area contributed by atoms with Crippen molar-refractivity contribution in [2.45, 2.75) is 25.3 Å². The van der Waals surface area contributed by atoms with Crippen LogP contribution in [0.2, 0.25) is 0 Å². The van der Waals surface area contributed by atoms with Crippen LogP contribution in [0.1, 0.15) is 23.0 Å². The molecule has 0 saturated carbocycles. The number of hydrogen-bond acceptors (Lipinski definition) is 5. The van der Waals surface area contributed by atoms with Crippen LogP contribution in [0.3, 0.4) is 0 Å². The lowest BCUT2D eigenvalue weighted by Gasteiger charge is -2.10. The van der Waals surface area contributed by atoms with Crippen LogP contribution in [0.4, 0.5) is 5.69 Å². The van der Waals surface area contributed by atoms with Crippen molar-refractivity contribution < 1.29 is 13.2 Å². The van der Waals surface area contributed by atoms with E-state index in [9.17, 15) is 18.0 Å². The number of nitrogens with one attached hydrogen (secondary N) is 1. The van der Waals surface area contributed by atoms with Gasteiger partial charge < -0.3 is 9.88 Å². The van der Waals surface area contributed by atoms with Crippen LogP contribution in [0, 0.1) is 6.92 Å². The number of amides is 1. The van der Waals surface area contributed by atoms with Gasteiger partial charge in [-0.1, -0.05) is 0 Å². The summed E-state index contributed by atoms with van der Waals surface area (Å²) >= 11 is 0. The minimum absolute atomic E-state index is 0.145. The summed E-state index contributed by atoms with van der Waals surface area (Å²) in [5, 5.41) is 2.73. The third-order valence-electron chi connectivity index (χ3n) is 4.23. The van der Waals surface area contributed by atoms with Crippen molar-refractivity contribution >= 4 is 32.5 Å². The molecule has 0 unspecified atom stereocenters. The molecule has 1 aromatic heterocycles. The fraction of sp³-hybridized carbons (Fsp3) is 0.211. The largest absolute Gasteiger partial charge is 0.322 e. The van der Waals surface area contributed by atoms with Crippen molar-refractivity contribution in [3.8, 4) is 0 Å². The molecule has 0 spiro atoms. The number of sulfone groups is 1. The van der Waals surface area contributed by atoms with Crippen molar-refractivity contribution in [3.05, 3.63) is 64.1 Å². The topological polar surface area (TPSA) is 98.1 Å². The van der Waals surface area contributed by atoms with Crippen molar-refractivity contribution in [3.63, 3.8) is 0 Å². The van der Waals surface area contributed by atoms with E-state index in [0.717, 1.165) is 6.26 Å². The lowest BCUT2D eigenvalue weighted by molar-refractivity contribution is 0.102. The summed E-state index contributed by atoms with van der Waals surface area (Å²) in [4.78, 5) is 29.1. The van der Waals surface area contributed by atoms with Crippen molar-refractivity contribution in [1.29, 1.82) is 0 Å². The summed E-state index contributed by atoms with van der Waals surface area (Å²) in [5.41, 5.74) is 2.33. The highest BCUT2D eigenvalue weighted by atomic mass is 32.2. The Morgan fingerprint density at radius 1 is 1.15 bits per heavy atom. The highest BCUT2D eigenvalue weighted by Crippen LogP contribution is 2.17. The van der Waals surface area contributed by atoms with E-state index in [1.807, 2.05) is 6.92 Å². The summed E-state index contributed by atoms with van der Waals surface area (Å²) in [7, 11) is -3.29. The molecule has 3 rings (SSSR count). The standard InChI is InChI=1S/C19H19N3O4S/c1-4-22-17-10-5-13(11-16(17)20-12(2)19(22)24)18(23)21-14-6-8-15(9-7-14)27(3,25)26/h5-11H,4H2,1-3H3,(H,21,23). The number of hydrogen-bond donors (Lipinski definition) is 1. The monoisotopic (exact) mass is 385 g/mol. The van der Waals surface area contributed by atoms with E-state index in [2.05, 4.69) is 10.3 Å². The Hall–Kier alpha value is -3.00. The molecule has 0 aliphatic carbocycles. The van der Waals surface area contributed by atoms with Crippen LogP contribution in [0.15, 0.2) is 52.2 Å². The van der Waals surface area contributed by atoms with Crippen molar-refractivity contribution in [1.82, 2.24) is 9.55 Å². The molecular weight excluding hydrogens is 366 g/mol. The number of aromatic nitrogens is 2. The summed E-state index contributed by atoms with van der Waals surface area (Å²) in [6.07, 6.45) is 1.13. The molecule has 1 heterocycles. The van der Waals surface area contributed by atoms with Gasteiger partial charge in [0.05, 0.1) is 15.9 Å². The molecule has 1 N–H and O–H groups in total. The van der Waals surface area contributed by atoms with Gasteiger partial charge in [-0.2, -0.15) is 0 Å². The normalized spacial score (nSPS) is 11.5. The second kappa shape index (κ2) is 6.96. The number of benzene rings is 2. The maximum absolute atomic E-state index is 12.5. The van der Waals surface area contributed by atoms with E-state index in [4.69, 9.17) is 0 Å².